The van der Waals surface area contributed by atoms with Crippen LogP contribution in [-0.2, 0) is 4.79 Å². The van der Waals surface area contributed by atoms with Gasteiger partial charge in [0, 0.05) is 18.6 Å². The maximum Gasteiger partial charge on any atom is 0.236 e. The SMILES string of the molecule is CN(CCCOc1cccc(Cl)c1)C(=O)CN.Cl. The minimum Gasteiger partial charge on any atom is -0.493 e. The van der Waals surface area contributed by atoms with Crippen LogP contribution in [0.4, 0.5) is 0 Å². The second-order valence-electron chi connectivity index (χ2n) is 3.68. The summed E-state index contributed by atoms with van der Waals surface area (Å²) in [4.78, 5) is 12.8. The van der Waals surface area contributed by atoms with Crippen molar-refractivity contribution in [3.05, 3.63) is 29.3 Å². The zero-order valence-corrected chi connectivity index (χ0v) is 11.8. The van der Waals surface area contributed by atoms with Crippen molar-refractivity contribution in [1.82, 2.24) is 4.90 Å². The van der Waals surface area contributed by atoms with Crippen molar-refractivity contribution in [2.75, 3.05) is 26.7 Å². The molecule has 1 amide bonds. The molecule has 0 aliphatic heterocycles. The smallest absolute Gasteiger partial charge is 0.236 e. The number of rotatable bonds is 6. The number of nitrogens with zero attached hydrogens (tertiary/aromatic N) is 1. The van der Waals surface area contributed by atoms with Crippen molar-refractivity contribution >= 4 is 29.9 Å². The highest BCUT2D eigenvalue weighted by Gasteiger charge is 2.05. The second-order valence-corrected chi connectivity index (χ2v) is 4.12. The molecule has 0 bridgehead atoms. The molecule has 102 valence electrons. The number of carbonyl (C=O) groups is 1. The molecule has 0 fully saturated rings. The largest absolute Gasteiger partial charge is 0.493 e. The van der Waals surface area contributed by atoms with Gasteiger partial charge in [0.2, 0.25) is 5.91 Å². The highest BCUT2D eigenvalue weighted by Crippen LogP contribution is 2.17. The van der Waals surface area contributed by atoms with Gasteiger partial charge in [-0.15, -0.1) is 12.4 Å². The monoisotopic (exact) mass is 292 g/mol. The highest BCUT2D eigenvalue weighted by atomic mass is 35.5. The molecular weight excluding hydrogens is 275 g/mol. The Bertz CT molecular complexity index is 375. The summed E-state index contributed by atoms with van der Waals surface area (Å²) in [5, 5.41) is 0.651. The number of halogens is 2. The van der Waals surface area contributed by atoms with Gasteiger partial charge in [-0.25, -0.2) is 0 Å². The average Bonchev–Trinajstić information content (AvgIpc) is 2.33. The number of ether oxygens (including phenoxy) is 1. The van der Waals surface area contributed by atoms with Crippen LogP contribution in [0.25, 0.3) is 0 Å². The van der Waals surface area contributed by atoms with Gasteiger partial charge in [0.05, 0.1) is 13.2 Å². The summed E-state index contributed by atoms with van der Waals surface area (Å²) in [7, 11) is 1.73. The van der Waals surface area contributed by atoms with Gasteiger partial charge in [0.15, 0.2) is 0 Å². The fourth-order valence-corrected chi connectivity index (χ4v) is 1.51. The van der Waals surface area contributed by atoms with Gasteiger partial charge in [-0.3, -0.25) is 4.79 Å². The van der Waals surface area contributed by atoms with E-state index in [-0.39, 0.29) is 24.9 Å². The molecule has 0 saturated heterocycles. The van der Waals surface area contributed by atoms with Gasteiger partial charge in [-0.1, -0.05) is 17.7 Å². The van der Waals surface area contributed by atoms with E-state index in [0.717, 1.165) is 12.2 Å². The van der Waals surface area contributed by atoms with Crippen LogP contribution >= 0.6 is 24.0 Å². The molecular formula is C12H18Cl2N2O2. The van der Waals surface area contributed by atoms with Crippen LogP contribution in [0.2, 0.25) is 5.02 Å². The molecule has 0 aliphatic carbocycles. The predicted molar refractivity (Wildman–Crippen MR) is 75.5 cm³/mol. The molecule has 0 aliphatic rings. The van der Waals surface area contributed by atoms with Gasteiger partial charge < -0.3 is 15.4 Å². The van der Waals surface area contributed by atoms with E-state index in [1.54, 1.807) is 24.1 Å². The molecule has 6 heteroatoms. The minimum atomic E-state index is -0.0623. The van der Waals surface area contributed by atoms with Crippen LogP contribution in [-0.4, -0.2) is 37.6 Å². The molecule has 0 saturated carbocycles. The van der Waals surface area contributed by atoms with E-state index in [4.69, 9.17) is 22.1 Å². The summed E-state index contributed by atoms with van der Waals surface area (Å²) in [6.07, 6.45) is 0.759. The number of hydrogen-bond donors (Lipinski definition) is 1. The second kappa shape index (κ2) is 9.03. The lowest BCUT2D eigenvalue weighted by Crippen LogP contribution is -2.33. The zero-order valence-electron chi connectivity index (χ0n) is 10.3. The third kappa shape index (κ3) is 6.10. The molecule has 0 unspecified atom stereocenters. The van der Waals surface area contributed by atoms with Gasteiger partial charge in [0.1, 0.15) is 5.75 Å². The first-order valence-electron chi connectivity index (χ1n) is 5.46. The van der Waals surface area contributed by atoms with Crippen LogP contribution in [0.3, 0.4) is 0 Å². The maximum atomic E-state index is 11.2. The van der Waals surface area contributed by atoms with E-state index in [1.807, 2.05) is 12.1 Å². The third-order valence-electron chi connectivity index (χ3n) is 2.30. The van der Waals surface area contributed by atoms with E-state index in [0.29, 0.717) is 18.2 Å². The molecule has 0 heterocycles. The fraction of sp³-hybridized carbons (Fsp3) is 0.417. The number of hydrogen-bond acceptors (Lipinski definition) is 3. The third-order valence-corrected chi connectivity index (χ3v) is 2.54. The molecule has 1 aromatic carbocycles. The van der Waals surface area contributed by atoms with Gasteiger partial charge in [-0.05, 0) is 24.6 Å². The van der Waals surface area contributed by atoms with Crippen molar-refractivity contribution < 1.29 is 9.53 Å². The molecule has 2 N–H and O–H groups in total. The Labute approximate surface area is 118 Å². The van der Waals surface area contributed by atoms with E-state index >= 15 is 0 Å². The average molecular weight is 293 g/mol. The number of carbonyl (C=O) groups excluding carboxylic acids is 1. The van der Waals surface area contributed by atoms with Crippen LogP contribution in [0.5, 0.6) is 5.75 Å². The summed E-state index contributed by atoms with van der Waals surface area (Å²) in [6.45, 7) is 1.23. The summed E-state index contributed by atoms with van der Waals surface area (Å²) in [5.41, 5.74) is 5.25. The molecule has 0 atom stereocenters. The Hall–Kier alpha value is -0.970. The fourth-order valence-electron chi connectivity index (χ4n) is 1.33. The van der Waals surface area contributed by atoms with Crippen LogP contribution < -0.4 is 10.5 Å². The maximum absolute atomic E-state index is 11.2. The Kier molecular flexibility index (Phi) is 8.54. The Balaban J connectivity index is 0.00000289. The molecule has 18 heavy (non-hydrogen) atoms. The Morgan fingerprint density at radius 2 is 2.22 bits per heavy atom. The van der Waals surface area contributed by atoms with E-state index in [9.17, 15) is 4.79 Å². The predicted octanol–water partition coefficient (Wildman–Crippen LogP) is 1.95. The number of likely N-dealkylation sites (N-methyl/N-ethyl adjacent to an activating group) is 1. The summed E-state index contributed by atoms with van der Waals surface area (Å²) in [5.74, 6) is 0.679. The van der Waals surface area contributed by atoms with Gasteiger partial charge in [-0.2, -0.15) is 0 Å². The van der Waals surface area contributed by atoms with Crippen molar-refractivity contribution in [1.29, 1.82) is 0 Å². The summed E-state index contributed by atoms with van der Waals surface area (Å²) in [6, 6.07) is 7.24. The first kappa shape index (κ1) is 17.0. The first-order valence-corrected chi connectivity index (χ1v) is 5.83. The van der Waals surface area contributed by atoms with E-state index in [2.05, 4.69) is 0 Å². The van der Waals surface area contributed by atoms with Crippen LogP contribution in [0, 0.1) is 0 Å². The zero-order chi connectivity index (χ0) is 12.7. The topological polar surface area (TPSA) is 55.6 Å². The van der Waals surface area contributed by atoms with Crippen molar-refractivity contribution in [2.45, 2.75) is 6.42 Å². The normalized spacial score (nSPS) is 9.50. The standard InChI is InChI=1S/C12H17ClN2O2.ClH/c1-15(12(16)9-14)6-3-7-17-11-5-2-4-10(13)8-11;/h2,4-5,8H,3,6-7,9,14H2,1H3;1H. The molecule has 0 radical (unpaired) electrons. The lowest BCUT2D eigenvalue weighted by atomic mass is 10.3. The van der Waals surface area contributed by atoms with E-state index < -0.39 is 0 Å². The molecule has 1 aromatic rings. The van der Waals surface area contributed by atoms with E-state index in [1.165, 1.54) is 0 Å². The minimum absolute atomic E-state index is 0. The summed E-state index contributed by atoms with van der Waals surface area (Å²) >= 11 is 5.82. The molecule has 0 spiro atoms. The lowest BCUT2D eigenvalue weighted by molar-refractivity contribution is -0.128. The van der Waals surface area contributed by atoms with Crippen molar-refractivity contribution in [3.8, 4) is 5.75 Å². The molecule has 1 rings (SSSR count). The number of benzene rings is 1. The van der Waals surface area contributed by atoms with Crippen LogP contribution in [0.15, 0.2) is 24.3 Å². The van der Waals surface area contributed by atoms with Crippen LogP contribution in [0.1, 0.15) is 6.42 Å². The van der Waals surface area contributed by atoms with Gasteiger partial charge in [0.25, 0.3) is 0 Å². The van der Waals surface area contributed by atoms with Gasteiger partial charge >= 0.3 is 0 Å². The molecule has 4 nitrogen and oxygen atoms in total. The first-order chi connectivity index (χ1) is 8.13. The molecule has 0 aromatic heterocycles. The highest BCUT2D eigenvalue weighted by molar-refractivity contribution is 6.30. The quantitative estimate of drug-likeness (QED) is 0.816. The Morgan fingerprint density at radius 1 is 1.50 bits per heavy atom. The number of nitrogens with two attached hydrogens (primary N) is 1. The Morgan fingerprint density at radius 3 is 2.83 bits per heavy atom. The number of amides is 1. The summed E-state index contributed by atoms with van der Waals surface area (Å²) < 4.78 is 5.50. The lowest BCUT2D eigenvalue weighted by Gasteiger charge is -2.16. The van der Waals surface area contributed by atoms with Crippen molar-refractivity contribution in [3.63, 3.8) is 0 Å². The van der Waals surface area contributed by atoms with Crippen molar-refractivity contribution in [2.24, 2.45) is 5.73 Å².